The van der Waals surface area contributed by atoms with Gasteiger partial charge >= 0.3 is 0 Å². The lowest BCUT2D eigenvalue weighted by molar-refractivity contribution is 0.0996. The number of carbonyl (C=O) groups is 1. The quantitative estimate of drug-likeness (QED) is 0.391. The highest BCUT2D eigenvalue weighted by atomic mass is 35.5. The van der Waals surface area contributed by atoms with E-state index in [1.54, 1.807) is 0 Å². The Hall–Kier alpha value is -2.47. The molecular weight excluding hydrogens is 404 g/mol. The molecule has 0 atom stereocenters. The average molecular weight is 425 g/mol. The van der Waals surface area contributed by atoms with Gasteiger partial charge in [-0.05, 0) is 54.4 Å². The van der Waals surface area contributed by atoms with E-state index in [9.17, 15) is 4.79 Å². The van der Waals surface area contributed by atoms with Gasteiger partial charge in [0.05, 0.1) is 16.8 Å². The van der Waals surface area contributed by atoms with Crippen LogP contribution in [-0.2, 0) is 11.3 Å². The Labute approximate surface area is 178 Å². The number of thiazole rings is 1. The molecule has 1 aromatic heterocycles. The molecule has 0 aliphatic heterocycles. The van der Waals surface area contributed by atoms with Gasteiger partial charge in [-0.3, -0.25) is 4.79 Å². The standard InChI is InChI=1S/C23H21ClN2O2S/c1-3-28-13-12-26-21-15(2)19(24)10-11-20(21)29-23(26)25-22(27)18-9-8-16-6-4-5-7-17(16)14-18/h4-11,14H,3,12-13H2,1-2H3. The normalized spacial score (nSPS) is 12.2. The number of hydrogen-bond acceptors (Lipinski definition) is 3. The van der Waals surface area contributed by atoms with Crippen molar-refractivity contribution in [2.24, 2.45) is 4.99 Å². The highest BCUT2D eigenvalue weighted by Crippen LogP contribution is 2.27. The highest BCUT2D eigenvalue weighted by Gasteiger charge is 2.13. The number of nitrogens with zero attached hydrogens (tertiary/aromatic N) is 2. The third kappa shape index (κ3) is 3.99. The van der Waals surface area contributed by atoms with Crippen LogP contribution in [0.2, 0.25) is 5.02 Å². The molecule has 0 spiro atoms. The summed E-state index contributed by atoms with van der Waals surface area (Å²) in [6, 6.07) is 17.5. The first-order chi connectivity index (χ1) is 14.1. The number of rotatable bonds is 5. The Bertz CT molecular complexity index is 1270. The predicted octanol–water partition coefficient (Wildman–Crippen LogP) is 5.60. The number of fused-ring (bicyclic) bond motifs is 2. The summed E-state index contributed by atoms with van der Waals surface area (Å²) >= 11 is 7.84. The number of ether oxygens (including phenoxy) is 1. The third-order valence-corrected chi connectivity index (χ3v) is 6.34. The maximum absolute atomic E-state index is 12.9. The van der Waals surface area contributed by atoms with E-state index in [1.807, 2.05) is 73.0 Å². The van der Waals surface area contributed by atoms with E-state index in [-0.39, 0.29) is 5.91 Å². The molecule has 0 fully saturated rings. The molecule has 3 aromatic carbocycles. The van der Waals surface area contributed by atoms with Gasteiger partial charge in [0.2, 0.25) is 0 Å². The van der Waals surface area contributed by atoms with Gasteiger partial charge in [-0.15, -0.1) is 0 Å². The van der Waals surface area contributed by atoms with Gasteiger partial charge in [0.1, 0.15) is 0 Å². The Morgan fingerprint density at radius 2 is 1.93 bits per heavy atom. The van der Waals surface area contributed by atoms with E-state index < -0.39 is 0 Å². The second kappa shape index (κ2) is 8.49. The SMILES string of the molecule is CCOCCn1c(=NC(=O)c2ccc3ccccc3c2)sc2ccc(Cl)c(C)c21. The number of amides is 1. The molecule has 0 N–H and O–H groups in total. The summed E-state index contributed by atoms with van der Waals surface area (Å²) in [5, 5.41) is 2.83. The lowest BCUT2D eigenvalue weighted by Crippen LogP contribution is -2.20. The summed E-state index contributed by atoms with van der Waals surface area (Å²) < 4.78 is 8.63. The van der Waals surface area contributed by atoms with Crippen LogP contribution in [0.3, 0.4) is 0 Å². The molecule has 0 saturated carbocycles. The van der Waals surface area contributed by atoms with Gasteiger partial charge in [-0.25, -0.2) is 0 Å². The van der Waals surface area contributed by atoms with E-state index in [2.05, 4.69) is 4.99 Å². The number of benzene rings is 3. The summed E-state index contributed by atoms with van der Waals surface area (Å²) in [5.41, 5.74) is 2.57. The van der Waals surface area contributed by atoms with Gasteiger partial charge in [-0.2, -0.15) is 4.99 Å². The first-order valence-electron chi connectivity index (χ1n) is 9.52. The lowest BCUT2D eigenvalue weighted by Gasteiger charge is -2.08. The highest BCUT2D eigenvalue weighted by molar-refractivity contribution is 7.16. The predicted molar refractivity (Wildman–Crippen MR) is 120 cm³/mol. The van der Waals surface area contributed by atoms with Crippen LogP contribution in [0.25, 0.3) is 21.0 Å². The molecule has 29 heavy (non-hydrogen) atoms. The maximum atomic E-state index is 12.9. The van der Waals surface area contributed by atoms with Crippen LogP contribution >= 0.6 is 22.9 Å². The molecule has 0 aliphatic rings. The molecule has 0 radical (unpaired) electrons. The molecule has 4 aromatic rings. The van der Waals surface area contributed by atoms with Crippen LogP contribution in [0.15, 0.2) is 59.6 Å². The first-order valence-corrected chi connectivity index (χ1v) is 10.7. The molecular formula is C23H21ClN2O2S. The lowest BCUT2D eigenvalue weighted by atomic mass is 10.1. The molecule has 0 unspecified atom stereocenters. The van der Waals surface area contributed by atoms with E-state index in [1.165, 1.54) is 11.3 Å². The zero-order chi connectivity index (χ0) is 20.4. The van der Waals surface area contributed by atoms with Crippen molar-refractivity contribution in [3.8, 4) is 0 Å². The number of halogens is 1. The Morgan fingerprint density at radius 3 is 2.72 bits per heavy atom. The summed E-state index contributed by atoms with van der Waals surface area (Å²) in [6.45, 7) is 5.76. The van der Waals surface area contributed by atoms with Crippen LogP contribution < -0.4 is 4.80 Å². The molecule has 0 bridgehead atoms. The van der Waals surface area contributed by atoms with Crippen molar-refractivity contribution in [3.05, 3.63) is 75.5 Å². The minimum absolute atomic E-state index is 0.254. The van der Waals surface area contributed by atoms with Crippen LogP contribution in [0, 0.1) is 6.92 Å². The zero-order valence-electron chi connectivity index (χ0n) is 16.3. The van der Waals surface area contributed by atoms with Gasteiger partial charge in [0, 0.05) is 23.7 Å². The van der Waals surface area contributed by atoms with Crippen LogP contribution in [0.1, 0.15) is 22.8 Å². The number of aryl methyl sites for hydroxylation is 1. The van der Waals surface area contributed by atoms with Crippen molar-refractivity contribution in [3.63, 3.8) is 0 Å². The van der Waals surface area contributed by atoms with E-state index in [0.29, 0.717) is 35.1 Å². The van der Waals surface area contributed by atoms with Crippen LogP contribution in [0.5, 0.6) is 0 Å². The van der Waals surface area contributed by atoms with Crippen LogP contribution in [0.4, 0.5) is 0 Å². The number of carbonyl (C=O) groups excluding carboxylic acids is 1. The molecule has 0 saturated heterocycles. The molecule has 148 valence electrons. The van der Waals surface area contributed by atoms with E-state index in [0.717, 1.165) is 26.6 Å². The number of hydrogen-bond donors (Lipinski definition) is 0. The largest absolute Gasteiger partial charge is 0.380 e. The van der Waals surface area contributed by atoms with Crippen molar-refractivity contribution in [1.29, 1.82) is 0 Å². The molecule has 4 rings (SSSR count). The van der Waals surface area contributed by atoms with Crippen molar-refractivity contribution in [2.75, 3.05) is 13.2 Å². The average Bonchev–Trinajstić information content (AvgIpc) is 3.08. The second-order valence-corrected chi connectivity index (χ2v) is 8.15. The molecule has 1 amide bonds. The minimum Gasteiger partial charge on any atom is -0.380 e. The van der Waals surface area contributed by atoms with Crippen molar-refractivity contribution >= 4 is 49.8 Å². The molecule has 6 heteroatoms. The summed E-state index contributed by atoms with van der Waals surface area (Å²) in [6.07, 6.45) is 0. The molecule has 4 nitrogen and oxygen atoms in total. The smallest absolute Gasteiger partial charge is 0.279 e. The fourth-order valence-electron chi connectivity index (χ4n) is 3.38. The van der Waals surface area contributed by atoms with Crippen molar-refractivity contribution < 1.29 is 9.53 Å². The zero-order valence-corrected chi connectivity index (χ0v) is 17.9. The Morgan fingerprint density at radius 1 is 1.14 bits per heavy atom. The van der Waals surface area contributed by atoms with Gasteiger partial charge < -0.3 is 9.30 Å². The summed E-state index contributed by atoms with van der Waals surface area (Å²) in [7, 11) is 0. The topological polar surface area (TPSA) is 43.6 Å². The first kappa shape index (κ1) is 19.8. The fourth-order valence-corrected chi connectivity index (χ4v) is 4.65. The molecule has 1 heterocycles. The van der Waals surface area contributed by atoms with Gasteiger partial charge in [0.15, 0.2) is 4.80 Å². The minimum atomic E-state index is -0.254. The van der Waals surface area contributed by atoms with E-state index >= 15 is 0 Å². The van der Waals surface area contributed by atoms with Crippen molar-refractivity contribution in [2.45, 2.75) is 20.4 Å². The summed E-state index contributed by atoms with van der Waals surface area (Å²) in [4.78, 5) is 18.1. The van der Waals surface area contributed by atoms with E-state index in [4.69, 9.17) is 16.3 Å². The third-order valence-electron chi connectivity index (χ3n) is 4.89. The second-order valence-electron chi connectivity index (χ2n) is 6.73. The van der Waals surface area contributed by atoms with Crippen LogP contribution in [-0.4, -0.2) is 23.7 Å². The monoisotopic (exact) mass is 424 g/mol. The number of aromatic nitrogens is 1. The van der Waals surface area contributed by atoms with Crippen molar-refractivity contribution in [1.82, 2.24) is 4.57 Å². The van der Waals surface area contributed by atoms with Gasteiger partial charge in [-0.1, -0.05) is 53.3 Å². The molecule has 0 aliphatic carbocycles. The van der Waals surface area contributed by atoms with Gasteiger partial charge in [0.25, 0.3) is 5.91 Å². The fraction of sp³-hybridized carbons (Fsp3) is 0.217. The Balaban J connectivity index is 1.82. The maximum Gasteiger partial charge on any atom is 0.279 e. The summed E-state index contributed by atoms with van der Waals surface area (Å²) in [5.74, 6) is -0.254. The Kier molecular flexibility index (Phi) is 5.81.